The lowest BCUT2D eigenvalue weighted by atomic mass is 9.67. The van der Waals surface area contributed by atoms with Crippen LogP contribution in [0.1, 0.15) is 44.5 Å². The van der Waals surface area contributed by atoms with E-state index in [-0.39, 0.29) is 0 Å². The molecule has 0 saturated carbocycles. The van der Waals surface area contributed by atoms with E-state index in [9.17, 15) is 0 Å². The molecule has 4 heteroatoms. The van der Waals surface area contributed by atoms with Crippen molar-refractivity contribution >= 4 is 78.0 Å². The molecule has 0 atom stereocenters. The second-order valence-corrected chi connectivity index (χ2v) is 32.8. The number of rotatable bonds is 16. The van der Waals surface area contributed by atoms with Gasteiger partial charge >= 0.3 is 0 Å². The third-order valence-electron chi connectivity index (χ3n) is 25.9. The summed E-state index contributed by atoms with van der Waals surface area (Å²) >= 11 is 0. The zero-order valence-electron chi connectivity index (χ0n) is 69.1. The number of hydrogen-bond acceptors (Lipinski definition) is 4. The van der Waals surface area contributed by atoms with E-state index in [0.29, 0.717) is 0 Å². The van der Waals surface area contributed by atoms with Gasteiger partial charge in [-0.15, -0.1) is 0 Å². The van der Waals surface area contributed by atoms with Gasteiger partial charge in [-0.05, 0) is 232 Å². The normalized spacial score (nSPS) is 12.6. The van der Waals surface area contributed by atoms with Crippen LogP contribution in [0.25, 0.3) is 133 Å². The lowest BCUT2D eigenvalue weighted by Gasteiger charge is -2.34. The first-order valence-corrected chi connectivity index (χ1v) is 43.3. The Morgan fingerprint density at radius 1 is 0.159 bits per heavy atom. The second kappa shape index (κ2) is 31.6. The highest BCUT2D eigenvalue weighted by Crippen LogP contribution is 2.60. The molecule has 2 aliphatic carbocycles. The largest absolute Gasteiger partial charge is 0.455 e. The summed E-state index contributed by atoms with van der Waals surface area (Å²) in [7, 11) is 0. The molecular weight excluding hydrogens is 1530 g/mol. The Kier molecular flexibility index (Phi) is 18.7. The van der Waals surface area contributed by atoms with Crippen molar-refractivity contribution < 1.29 is 8.83 Å². The van der Waals surface area contributed by atoms with Crippen molar-refractivity contribution in [2.45, 2.75) is 10.8 Å². The smallest absolute Gasteiger partial charge is 0.143 e. The molecule has 0 unspecified atom stereocenters. The third-order valence-corrected chi connectivity index (χ3v) is 25.9. The first kappa shape index (κ1) is 74.6. The summed E-state index contributed by atoms with van der Waals surface area (Å²) in [5.41, 5.74) is 38.0. The molecule has 2 aromatic heterocycles. The molecule has 0 radical (unpaired) electrons. The van der Waals surface area contributed by atoms with Gasteiger partial charge in [0.2, 0.25) is 0 Å². The first-order valence-electron chi connectivity index (χ1n) is 43.3. The lowest BCUT2D eigenvalue weighted by Crippen LogP contribution is -2.28. The van der Waals surface area contributed by atoms with Gasteiger partial charge in [-0.2, -0.15) is 0 Å². The molecule has 22 aromatic rings. The topological polar surface area (TPSA) is 32.8 Å². The van der Waals surface area contributed by atoms with Gasteiger partial charge in [-0.25, -0.2) is 0 Å². The van der Waals surface area contributed by atoms with Crippen LogP contribution in [0.2, 0.25) is 0 Å². The van der Waals surface area contributed by atoms with Crippen LogP contribution in [-0.4, -0.2) is 0 Å². The molecule has 20 aromatic carbocycles. The fraction of sp³-hybridized carbons (Fsp3) is 0.0164. The lowest BCUT2D eigenvalue weighted by molar-refractivity contribution is 0.669. The summed E-state index contributed by atoms with van der Waals surface area (Å²) in [4.78, 5) is 4.67. The Morgan fingerprint density at radius 2 is 0.444 bits per heavy atom. The van der Waals surface area contributed by atoms with Crippen LogP contribution in [0, 0.1) is 0 Å². The SMILES string of the molecule is c1ccc(-c2ccc(N(c3ccc(-c4cc(-c5ccc6c(c5)C(c5ccccc5)(c5ccccc5)c5ccccc5-6)cc5c4oc4ccccc45)cc3)c3ccccc3-c3ccccc3)cc2)cc1.c1ccc(N(c2ccccc2)c2ccc(-c3cc(-c4ccc5c(c4)C(c4ccccc4)(c4ccccc4)c4ccccc4-5)cc4c3oc3ccccc34)cc2)cc1. The Balaban J connectivity index is 0.000000148. The van der Waals surface area contributed by atoms with E-state index >= 15 is 0 Å². The van der Waals surface area contributed by atoms with Crippen LogP contribution in [0.5, 0.6) is 0 Å². The van der Waals surface area contributed by atoms with Crippen molar-refractivity contribution in [3.63, 3.8) is 0 Å². The first-order chi connectivity index (χ1) is 62.5. The van der Waals surface area contributed by atoms with E-state index in [0.717, 1.165) is 123 Å². The standard InChI is InChI=1S/C67H45NO.C55H37NO/c1-5-19-46(20-6-1)47-33-38-54(39-34-47)68(64-31-17-14-27-56(64)48-21-7-2-8-22-48)55-40-35-49(36-41-55)60-43-51(44-61-59-29-15-18-32-65(59)69-66(60)61)50-37-42-58-57-28-13-16-30-62(57)67(63(58)45-50,52-23-9-3-10-24-52)53-25-11-4-12-26-53;1-5-17-41(18-6-1)55(42-19-7-2-8-20-42)51-27-15-13-25-46(51)47-34-31-39(37-52(47)55)40-35-49(54-50(36-40)48-26-14-16-28-53(48)57-54)38-29-32-45(33-30-38)56(43-21-9-3-10-22-43)44-23-11-4-12-24-44/h1-45H;1-37H. The predicted octanol–water partition coefficient (Wildman–Crippen LogP) is 32.8. The highest BCUT2D eigenvalue weighted by Gasteiger charge is 2.48. The molecule has 2 heterocycles. The molecule has 0 aliphatic heterocycles. The molecule has 2 aliphatic rings. The molecule has 0 N–H and O–H groups in total. The fourth-order valence-electron chi connectivity index (χ4n) is 20.2. The van der Waals surface area contributed by atoms with Crippen molar-refractivity contribution in [3.05, 3.63) is 542 Å². The third kappa shape index (κ3) is 12.7. The Morgan fingerprint density at radius 3 is 0.857 bits per heavy atom. The van der Waals surface area contributed by atoms with E-state index in [2.05, 4.69) is 501 Å². The Hall–Kier alpha value is -16.4. The minimum Gasteiger partial charge on any atom is -0.455 e. The van der Waals surface area contributed by atoms with E-state index in [1.165, 1.54) is 89.0 Å². The second-order valence-electron chi connectivity index (χ2n) is 32.8. The van der Waals surface area contributed by atoms with E-state index in [4.69, 9.17) is 8.83 Å². The van der Waals surface area contributed by atoms with Gasteiger partial charge in [0.1, 0.15) is 22.3 Å². The zero-order valence-corrected chi connectivity index (χ0v) is 69.1. The number of nitrogens with zero attached hydrogens (tertiary/aromatic N) is 2. The minimum atomic E-state index is -0.498. The molecule has 0 bridgehead atoms. The van der Waals surface area contributed by atoms with Crippen molar-refractivity contribution in [1.82, 2.24) is 0 Å². The van der Waals surface area contributed by atoms with Gasteiger partial charge in [-0.1, -0.05) is 382 Å². The molecule has 126 heavy (non-hydrogen) atoms. The van der Waals surface area contributed by atoms with Crippen molar-refractivity contribution in [3.8, 4) is 89.0 Å². The average molecular weight is 1610 g/mol. The maximum atomic E-state index is 6.81. The van der Waals surface area contributed by atoms with Gasteiger partial charge in [0.05, 0.1) is 16.5 Å². The number of hydrogen-bond donors (Lipinski definition) is 0. The van der Waals surface area contributed by atoms with Crippen LogP contribution in [0.15, 0.2) is 506 Å². The fourth-order valence-corrected chi connectivity index (χ4v) is 20.2. The molecule has 0 spiro atoms. The maximum Gasteiger partial charge on any atom is 0.143 e. The van der Waals surface area contributed by atoms with Crippen molar-refractivity contribution in [1.29, 1.82) is 0 Å². The van der Waals surface area contributed by atoms with Crippen molar-refractivity contribution in [2.75, 3.05) is 9.80 Å². The summed E-state index contributed by atoms with van der Waals surface area (Å²) in [6.07, 6.45) is 0. The zero-order chi connectivity index (χ0) is 83.5. The molecule has 0 saturated heterocycles. The quantitative estimate of drug-likeness (QED) is 0.0965. The summed E-state index contributed by atoms with van der Waals surface area (Å²) < 4.78 is 13.5. The van der Waals surface area contributed by atoms with E-state index in [1.807, 2.05) is 6.07 Å². The Bertz CT molecular complexity index is 7650. The van der Waals surface area contributed by atoms with Gasteiger partial charge in [0, 0.05) is 66.7 Å². The van der Waals surface area contributed by atoms with Gasteiger partial charge < -0.3 is 18.6 Å². The van der Waals surface area contributed by atoms with Gasteiger partial charge in [0.15, 0.2) is 0 Å². The number of para-hydroxylation sites is 5. The van der Waals surface area contributed by atoms with Gasteiger partial charge in [-0.3, -0.25) is 0 Å². The van der Waals surface area contributed by atoms with E-state index in [1.54, 1.807) is 0 Å². The van der Waals surface area contributed by atoms with Crippen LogP contribution >= 0.6 is 0 Å². The molecule has 24 rings (SSSR count). The molecule has 0 amide bonds. The van der Waals surface area contributed by atoms with Crippen LogP contribution < -0.4 is 9.80 Å². The monoisotopic (exact) mass is 1610 g/mol. The summed E-state index contributed by atoms with van der Waals surface area (Å²) in [5, 5.41) is 4.42. The molecular formula is C122H82N2O2. The average Bonchev–Trinajstić information content (AvgIpc) is 1.54. The van der Waals surface area contributed by atoms with E-state index < -0.39 is 10.8 Å². The molecule has 592 valence electrons. The highest BCUT2D eigenvalue weighted by molar-refractivity contribution is 6.13. The summed E-state index contributed by atoms with van der Waals surface area (Å²) in [6.45, 7) is 0. The maximum absolute atomic E-state index is 6.81. The molecule has 0 fully saturated rings. The Labute approximate surface area is 733 Å². The van der Waals surface area contributed by atoms with Crippen molar-refractivity contribution in [2.24, 2.45) is 0 Å². The van der Waals surface area contributed by atoms with Gasteiger partial charge in [0.25, 0.3) is 0 Å². The van der Waals surface area contributed by atoms with Crippen LogP contribution in [0.4, 0.5) is 34.1 Å². The van der Waals surface area contributed by atoms with Crippen LogP contribution in [-0.2, 0) is 10.8 Å². The number of fused-ring (bicyclic) bond motifs is 12. The summed E-state index contributed by atoms with van der Waals surface area (Å²) in [5.74, 6) is 0. The minimum absolute atomic E-state index is 0.473. The number of anilines is 6. The molecule has 4 nitrogen and oxygen atoms in total. The highest BCUT2D eigenvalue weighted by atomic mass is 16.3. The number of furan rings is 2. The van der Waals surface area contributed by atoms with Crippen LogP contribution in [0.3, 0.4) is 0 Å². The number of benzene rings is 20. The predicted molar refractivity (Wildman–Crippen MR) is 524 cm³/mol. The summed E-state index contributed by atoms with van der Waals surface area (Å²) in [6, 6.07) is 180.